The second kappa shape index (κ2) is 7.88. The molecule has 0 spiro atoms. The number of carbonyl (C=O) groups is 2. The number of fused-ring (bicyclic) bond motifs is 2. The number of aromatic amines is 1. The largest absolute Gasteiger partial charge is 0.416 e. The van der Waals surface area contributed by atoms with Crippen LogP contribution in [-0.4, -0.2) is 56.7 Å². The predicted molar refractivity (Wildman–Crippen MR) is 114 cm³/mol. The second-order valence-corrected chi connectivity index (χ2v) is 8.07. The number of aromatic nitrogens is 3. The van der Waals surface area contributed by atoms with E-state index in [2.05, 4.69) is 15.4 Å². The van der Waals surface area contributed by atoms with Gasteiger partial charge in [-0.15, -0.1) is 5.10 Å². The molecule has 3 aromatic rings. The van der Waals surface area contributed by atoms with Gasteiger partial charge in [0.05, 0.1) is 11.1 Å². The second-order valence-electron chi connectivity index (χ2n) is 8.07. The van der Waals surface area contributed by atoms with Crippen molar-refractivity contribution < 1.29 is 22.8 Å². The first kappa shape index (κ1) is 20.9. The smallest absolute Gasteiger partial charge is 0.334 e. The van der Waals surface area contributed by atoms with E-state index in [4.69, 9.17) is 0 Å². The Hall–Kier alpha value is -3.95. The van der Waals surface area contributed by atoms with Crippen molar-refractivity contribution in [3.8, 4) is 0 Å². The van der Waals surface area contributed by atoms with Gasteiger partial charge >= 0.3 is 6.18 Å². The number of nitrogens with zero attached hydrogens (tertiary/aromatic N) is 4. The van der Waals surface area contributed by atoms with Crippen LogP contribution in [0.15, 0.2) is 60.3 Å². The Morgan fingerprint density at radius 2 is 1.88 bits per heavy atom. The fraction of sp³-hybridized carbons (Fsp3) is 0.217. The van der Waals surface area contributed by atoms with Gasteiger partial charge in [-0.05, 0) is 47.5 Å². The number of rotatable bonds is 3. The molecule has 0 saturated carbocycles. The number of halogens is 3. The maximum absolute atomic E-state index is 12.9. The number of H-pyrrole nitrogens is 1. The van der Waals surface area contributed by atoms with Gasteiger partial charge in [0.25, 0.3) is 5.91 Å². The lowest BCUT2D eigenvalue weighted by Gasteiger charge is -2.19. The molecule has 0 aliphatic carbocycles. The van der Waals surface area contributed by atoms with Crippen molar-refractivity contribution in [3.05, 3.63) is 77.0 Å². The van der Waals surface area contributed by atoms with Crippen LogP contribution in [0.5, 0.6) is 0 Å². The van der Waals surface area contributed by atoms with Gasteiger partial charge in [0.1, 0.15) is 5.52 Å². The van der Waals surface area contributed by atoms with Gasteiger partial charge in [0, 0.05) is 43.4 Å². The monoisotopic (exact) mass is 453 g/mol. The molecule has 1 saturated heterocycles. The first-order valence-electron chi connectivity index (χ1n) is 10.2. The first-order valence-corrected chi connectivity index (χ1v) is 10.2. The summed E-state index contributed by atoms with van der Waals surface area (Å²) in [5, 5.41) is 10.4. The number of carbonyl (C=O) groups excluding carboxylic acids is 2. The minimum Gasteiger partial charge on any atom is -0.334 e. The zero-order valence-electron chi connectivity index (χ0n) is 17.2. The fourth-order valence-corrected chi connectivity index (χ4v) is 4.11. The summed E-state index contributed by atoms with van der Waals surface area (Å²) in [7, 11) is 0. The van der Waals surface area contributed by atoms with Gasteiger partial charge in [0.2, 0.25) is 5.91 Å². The van der Waals surface area contributed by atoms with E-state index in [0.29, 0.717) is 36.3 Å². The van der Waals surface area contributed by atoms with Gasteiger partial charge in [-0.1, -0.05) is 17.3 Å². The van der Waals surface area contributed by atoms with Crippen molar-refractivity contribution in [3.63, 3.8) is 0 Å². The number of hydrogen-bond acceptors (Lipinski definition) is 4. The number of amides is 2. The summed E-state index contributed by atoms with van der Waals surface area (Å²) in [5.74, 6) is -0.297. The molecule has 1 N–H and O–H groups in total. The van der Waals surface area contributed by atoms with E-state index in [-0.39, 0.29) is 17.7 Å². The van der Waals surface area contributed by atoms with E-state index < -0.39 is 11.7 Å². The lowest BCUT2D eigenvalue weighted by atomic mass is 10.1. The van der Waals surface area contributed by atoms with Gasteiger partial charge < -0.3 is 9.80 Å². The molecule has 3 heterocycles. The molecule has 7 nitrogen and oxygen atoms in total. The normalized spacial score (nSPS) is 18.3. The van der Waals surface area contributed by atoms with Crippen LogP contribution in [0.3, 0.4) is 0 Å². The molecular weight excluding hydrogens is 435 g/mol. The third kappa shape index (κ3) is 4.11. The molecule has 0 unspecified atom stereocenters. The van der Waals surface area contributed by atoms with Crippen molar-refractivity contribution in [1.29, 1.82) is 0 Å². The molecule has 10 heteroatoms. The zero-order valence-corrected chi connectivity index (χ0v) is 17.2. The van der Waals surface area contributed by atoms with Crippen molar-refractivity contribution >= 4 is 28.9 Å². The van der Waals surface area contributed by atoms with Gasteiger partial charge in [-0.3, -0.25) is 14.7 Å². The van der Waals surface area contributed by atoms with Crippen molar-refractivity contribution in [2.75, 3.05) is 19.6 Å². The van der Waals surface area contributed by atoms with E-state index in [0.717, 1.165) is 23.2 Å². The SMILES string of the molecule is O=C(c1ccc2[nH]nnc2c1)N1C=C2CN(C(=O)/C=C/c3ccc(C(F)(F)F)cc3)C[C@@H]2C1. The highest BCUT2D eigenvalue weighted by molar-refractivity contribution is 5.98. The molecule has 2 aliphatic heterocycles. The Morgan fingerprint density at radius 1 is 1.09 bits per heavy atom. The summed E-state index contributed by atoms with van der Waals surface area (Å²) in [5.41, 5.74) is 2.66. The van der Waals surface area contributed by atoms with Crippen molar-refractivity contribution in [2.24, 2.45) is 5.92 Å². The Labute approximate surface area is 186 Å². The molecule has 1 atom stereocenters. The Balaban J connectivity index is 1.21. The highest BCUT2D eigenvalue weighted by Gasteiger charge is 2.37. The van der Waals surface area contributed by atoms with Crippen LogP contribution in [0.2, 0.25) is 0 Å². The molecule has 0 bridgehead atoms. The molecule has 33 heavy (non-hydrogen) atoms. The average molecular weight is 453 g/mol. The van der Waals surface area contributed by atoms with E-state index in [1.165, 1.54) is 24.3 Å². The van der Waals surface area contributed by atoms with E-state index in [1.807, 2.05) is 0 Å². The summed E-state index contributed by atoms with van der Waals surface area (Å²) in [4.78, 5) is 28.7. The summed E-state index contributed by atoms with van der Waals surface area (Å²) in [6.45, 7) is 1.37. The molecule has 1 fully saturated rings. The fourth-order valence-electron chi connectivity index (χ4n) is 4.11. The summed E-state index contributed by atoms with van der Waals surface area (Å²) < 4.78 is 38.0. The van der Waals surface area contributed by atoms with Crippen LogP contribution in [0.4, 0.5) is 13.2 Å². The molecule has 2 amide bonds. The van der Waals surface area contributed by atoms with Crippen LogP contribution in [0, 0.1) is 5.92 Å². The molecule has 2 aliphatic rings. The van der Waals surface area contributed by atoms with E-state index in [9.17, 15) is 22.8 Å². The van der Waals surface area contributed by atoms with E-state index in [1.54, 1.807) is 34.2 Å². The number of nitrogens with one attached hydrogen (secondary N) is 1. The average Bonchev–Trinajstić information content (AvgIpc) is 3.50. The summed E-state index contributed by atoms with van der Waals surface area (Å²) >= 11 is 0. The molecule has 2 aromatic carbocycles. The summed E-state index contributed by atoms with van der Waals surface area (Å²) in [6.07, 6.45) is 0.269. The van der Waals surface area contributed by atoms with Crippen LogP contribution in [0.1, 0.15) is 21.5 Å². The minimum atomic E-state index is -4.39. The van der Waals surface area contributed by atoms with Crippen LogP contribution < -0.4 is 0 Å². The lowest BCUT2D eigenvalue weighted by Crippen LogP contribution is -2.32. The number of alkyl halides is 3. The van der Waals surface area contributed by atoms with Gasteiger partial charge in [-0.25, -0.2) is 0 Å². The topological polar surface area (TPSA) is 82.2 Å². The van der Waals surface area contributed by atoms with Crippen LogP contribution in [-0.2, 0) is 11.0 Å². The Morgan fingerprint density at radius 3 is 2.61 bits per heavy atom. The van der Waals surface area contributed by atoms with Gasteiger partial charge in [0.15, 0.2) is 0 Å². The maximum atomic E-state index is 12.9. The molecule has 1 aromatic heterocycles. The van der Waals surface area contributed by atoms with E-state index >= 15 is 0 Å². The third-order valence-corrected chi connectivity index (χ3v) is 5.88. The Bertz CT molecular complexity index is 1290. The number of hydrogen-bond donors (Lipinski definition) is 1. The molecular formula is C23H18F3N5O2. The summed E-state index contributed by atoms with van der Waals surface area (Å²) in [6, 6.07) is 9.80. The predicted octanol–water partition coefficient (Wildman–Crippen LogP) is 3.49. The third-order valence-electron chi connectivity index (χ3n) is 5.88. The van der Waals surface area contributed by atoms with Crippen molar-refractivity contribution in [2.45, 2.75) is 6.18 Å². The van der Waals surface area contributed by atoms with Crippen LogP contribution in [0.25, 0.3) is 17.1 Å². The van der Waals surface area contributed by atoms with Gasteiger partial charge in [-0.2, -0.15) is 13.2 Å². The van der Waals surface area contributed by atoms with Crippen LogP contribution >= 0.6 is 0 Å². The molecule has 168 valence electrons. The maximum Gasteiger partial charge on any atom is 0.416 e. The quantitative estimate of drug-likeness (QED) is 0.616. The highest BCUT2D eigenvalue weighted by Crippen LogP contribution is 2.31. The zero-order chi connectivity index (χ0) is 23.2. The number of benzene rings is 2. The minimum absolute atomic E-state index is 0.0631. The van der Waals surface area contributed by atoms with Crippen molar-refractivity contribution in [1.82, 2.24) is 25.2 Å². The first-order chi connectivity index (χ1) is 15.8. The molecule has 0 radical (unpaired) electrons. The number of likely N-dealkylation sites (tertiary alicyclic amines) is 1. The lowest BCUT2D eigenvalue weighted by molar-refractivity contribution is -0.137. The Kier molecular flexibility index (Phi) is 4.99. The highest BCUT2D eigenvalue weighted by atomic mass is 19.4. The standard InChI is InChI=1S/C23H18F3N5O2/c24-23(25,26)18-5-1-14(2-6-18)3-8-21(32)30-10-16-12-31(13-17(16)11-30)22(33)15-4-7-19-20(9-15)28-29-27-19/h1-9,12,17H,10-11,13H2,(H,27,28,29)/b8-3+/t17-/m1/s1. The molecule has 5 rings (SSSR count).